The summed E-state index contributed by atoms with van der Waals surface area (Å²) in [6.45, 7) is 0. The van der Waals surface area contributed by atoms with E-state index in [2.05, 4.69) is 25.9 Å². The largest absolute Gasteiger partial charge is 0.490 e. The molecular weight excluding hydrogens is 437 g/mol. The van der Waals surface area contributed by atoms with E-state index in [1.165, 1.54) is 6.20 Å². The van der Waals surface area contributed by atoms with E-state index in [-0.39, 0.29) is 9.94 Å². The van der Waals surface area contributed by atoms with Gasteiger partial charge in [0.15, 0.2) is 0 Å². The van der Waals surface area contributed by atoms with Gasteiger partial charge < -0.3 is 21.5 Å². The smallest absolute Gasteiger partial charge is 0.423 e. The third-order valence-corrected chi connectivity index (χ3v) is 3.17. The lowest BCUT2D eigenvalue weighted by molar-refractivity contribution is -0.137. The van der Waals surface area contributed by atoms with Crippen molar-refractivity contribution in [2.24, 2.45) is 0 Å². The molecule has 0 aliphatic heterocycles. The SMILES string of the molecule is Nc1ncc(B(O)O)cc1C(F)(F)F.Nc1ncc(Br)cc1C(F)(F)F. The van der Waals surface area contributed by atoms with Crippen LogP contribution < -0.4 is 16.9 Å². The van der Waals surface area contributed by atoms with Gasteiger partial charge in [-0.1, -0.05) is 0 Å². The zero-order valence-corrected chi connectivity index (χ0v) is 14.1. The van der Waals surface area contributed by atoms with E-state index >= 15 is 0 Å². The number of anilines is 2. The zero-order valence-electron chi connectivity index (χ0n) is 12.5. The highest BCUT2D eigenvalue weighted by molar-refractivity contribution is 9.10. The van der Waals surface area contributed by atoms with Gasteiger partial charge in [0.25, 0.3) is 0 Å². The van der Waals surface area contributed by atoms with Crippen molar-refractivity contribution in [1.29, 1.82) is 0 Å². The standard InChI is InChI=1S/C6H6BF3N2O2.C6H4BrF3N2/c8-6(9,10)4-1-3(7(13)14)2-12-5(4)11;7-3-1-4(6(8,9)10)5(11)12-2-3/h1-2,13-14H,(H2,11,12);1-2H,(H2,11,12). The number of alkyl halides is 6. The molecule has 2 aromatic rings. The molecule has 0 bridgehead atoms. The second-order valence-electron chi connectivity index (χ2n) is 4.66. The fourth-order valence-corrected chi connectivity index (χ4v) is 1.87. The van der Waals surface area contributed by atoms with Crippen LogP contribution in [0.4, 0.5) is 38.0 Å². The summed E-state index contributed by atoms with van der Waals surface area (Å²) < 4.78 is 73.1. The van der Waals surface area contributed by atoms with Gasteiger partial charge in [-0.15, -0.1) is 0 Å². The monoisotopic (exact) mass is 446 g/mol. The molecule has 0 aliphatic rings. The van der Waals surface area contributed by atoms with Crippen molar-refractivity contribution in [2.75, 3.05) is 11.5 Å². The van der Waals surface area contributed by atoms with Gasteiger partial charge in [0, 0.05) is 22.3 Å². The van der Waals surface area contributed by atoms with E-state index in [9.17, 15) is 26.3 Å². The number of pyridine rings is 2. The Hall–Kier alpha value is -2.06. The quantitative estimate of drug-likeness (QED) is 0.392. The van der Waals surface area contributed by atoms with Crippen LogP contribution in [-0.2, 0) is 12.4 Å². The minimum Gasteiger partial charge on any atom is -0.423 e. The van der Waals surface area contributed by atoms with Crippen molar-refractivity contribution >= 4 is 40.1 Å². The molecule has 6 N–H and O–H groups in total. The molecule has 0 fully saturated rings. The van der Waals surface area contributed by atoms with Crippen LogP contribution in [0.2, 0.25) is 0 Å². The topological polar surface area (TPSA) is 118 Å². The normalized spacial score (nSPS) is 11.6. The lowest BCUT2D eigenvalue weighted by Crippen LogP contribution is -2.31. The summed E-state index contributed by atoms with van der Waals surface area (Å²) in [6.07, 6.45) is -7.01. The summed E-state index contributed by atoms with van der Waals surface area (Å²) in [4.78, 5) is 6.56. The maximum atomic E-state index is 12.2. The molecule has 0 spiro atoms. The van der Waals surface area contributed by atoms with Gasteiger partial charge in [0.2, 0.25) is 0 Å². The van der Waals surface area contributed by atoms with Crippen LogP contribution in [0.25, 0.3) is 0 Å². The Morgan fingerprint density at radius 3 is 1.65 bits per heavy atom. The van der Waals surface area contributed by atoms with Crippen molar-refractivity contribution in [3.05, 3.63) is 40.1 Å². The number of aromatic nitrogens is 2. The van der Waals surface area contributed by atoms with Crippen LogP contribution in [0.3, 0.4) is 0 Å². The number of hydrogen-bond acceptors (Lipinski definition) is 6. The first-order chi connectivity index (χ1) is 11.7. The second-order valence-corrected chi connectivity index (χ2v) is 5.57. The number of hydrogen-bond donors (Lipinski definition) is 4. The fourth-order valence-electron chi connectivity index (χ4n) is 1.54. The van der Waals surface area contributed by atoms with Crippen LogP contribution in [0.1, 0.15) is 11.1 Å². The van der Waals surface area contributed by atoms with Gasteiger partial charge in [-0.25, -0.2) is 9.97 Å². The average molecular weight is 447 g/mol. The van der Waals surface area contributed by atoms with E-state index in [4.69, 9.17) is 21.5 Å². The molecule has 0 aromatic carbocycles. The number of nitrogens with zero attached hydrogens (tertiary/aromatic N) is 2. The Labute approximate surface area is 151 Å². The predicted octanol–water partition coefficient (Wildman–Crippen LogP) is 1.81. The summed E-state index contributed by atoms with van der Waals surface area (Å²) >= 11 is 2.87. The van der Waals surface area contributed by atoms with Gasteiger partial charge in [-0.05, 0) is 28.1 Å². The molecular formula is C12H10BBrF6N4O2. The molecule has 0 aliphatic carbocycles. The van der Waals surface area contributed by atoms with Crippen LogP contribution in [0, 0.1) is 0 Å². The van der Waals surface area contributed by atoms with Crippen LogP contribution >= 0.6 is 15.9 Å². The summed E-state index contributed by atoms with van der Waals surface area (Å²) in [5.41, 5.74) is 7.55. The molecule has 0 unspecified atom stereocenters. The molecule has 0 saturated carbocycles. The van der Waals surface area contributed by atoms with Crippen molar-refractivity contribution in [1.82, 2.24) is 9.97 Å². The van der Waals surface area contributed by atoms with Crippen LogP contribution in [0.15, 0.2) is 29.0 Å². The Kier molecular flexibility index (Phi) is 6.85. The van der Waals surface area contributed by atoms with Crippen LogP contribution in [0.5, 0.6) is 0 Å². The average Bonchev–Trinajstić information content (AvgIpc) is 2.48. The highest BCUT2D eigenvalue weighted by atomic mass is 79.9. The zero-order chi connectivity index (χ0) is 20.3. The molecule has 0 radical (unpaired) electrons. The summed E-state index contributed by atoms with van der Waals surface area (Å²) in [7, 11) is -2.00. The van der Waals surface area contributed by atoms with E-state index in [1.807, 2.05) is 0 Å². The molecule has 0 saturated heterocycles. The first-order valence-electron chi connectivity index (χ1n) is 6.40. The Morgan fingerprint density at radius 2 is 1.27 bits per heavy atom. The molecule has 14 heteroatoms. The molecule has 0 atom stereocenters. The minimum absolute atomic E-state index is 0.254. The van der Waals surface area contributed by atoms with Gasteiger partial charge in [0.1, 0.15) is 11.6 Å². The first kappa shape index (κ1) is 22.0. The summed E-state index contributed by atoms with van der Waals surface area (Å²) in [6, 6.07) is 1.44. The molecule has 2 heterocycles. The maximum absolute atomic E-state index is 12.2. The molecule has 6 nitrogen and oxygen atoms in total. The predicted molar refractivity (Wildman–Crippen MR) is 84.8 cm³/mol. The van der Waals surface area contributed by atoms with E-state index in [0.29, 0.717) is 6.07 Å². The van der Waals surface area contributed by atoms with E-state index < -0.39 is 42.2 Å². The van der Waals surface area contributed by atoms with Crippen molar-refractivity contribution in [2.45, 2.75) is 12.4 Å². The van der Waals surface area contributed by atoms with Gasteiger partial charge in [0.05, 0.1) is 11.1 Å². The van der Waals surface area contributed by atoms with E-state index in [1.54, 1.807) is 0 Å². The van der Waals surface area contributed by atoms with E-state index in [0.717, 1.165) is 12.3 Å². The Morgan fingerprint density at radius 1 is 0.846 bits per heavy atom. The van der Waals surface area contributed by atoms with Gasteiger partial charge in [-0.2, -0.15) is 26.3 Å². The highest BCUT2D eigenvalue weighted by Gasteiger charge is 2.35. The lowest BCUT2D eigenvalue weighted by atomic mass is 9.81. The molecule has 0 amide bonds. The summed E-state index contributed by atoms with van der Waals surface area (Å²) in [5, 5.41) is 17.2. The lowest BCUT2D eigenvalue weighted by Gasteiger charge is -2.10. The third kappa shape index (κ3) is 6.03. The molecule has 26 heavy (non-hydrogen) atoms. The van der Waals surface area contributed by atoms with Crippen LogP contribution in [-0.4, -0.2) is 27.1 Å². The highest BCUT2D eigenvalue weighted by Crippen LogP contribution is 2.33. The number of rotatable bonds is 1. The number of nitrogens with two attached hydrogens (primary N) is 2. The van der Waals surface area contributed by atoms with Gasteiger partial charge >= 0.3 is 19.5 Å². The van der Waals surface area contributed by atoms with Crippen molar-refractivity contribution in [3.8, 4) is 0 Å². The molecule has 2 rings (SSSR count). The van der Waals surface area contributed by atoms with Crippen molar-refractivity contribution in [3.63, 3.8) is 0 Å². The van der Waals surface area contributed by atoms with Crippen molar-refractivity contribution < 1.29 is 36.4 Å². The fraction of sp³-hybridized carbons (Fsp3) is 0.167. The summed E-state index contributed by atoms with van der Waals surface area (Å²) in [5.74, 6) is -1.20. The van der Waals surface area contributed by atoms with Gasteiger partial charge in [-0.3, -0.25) is 0 Å². The molecule has 142 valence electrons. The number of halogens is 7. The number of nitrogen functional groups attached to an aromatic ring is 2. The maximum Gasteiger partial charge on any atom is 0.490 e. The second kappa shape index (κ2) is 8.10. The minimum atomic E-state index is -4.65. The Balaban J connectivity index is 0.000000263. The third-order valence-electron chi connectivity index (χ3n) is 2.73. The first-order valence-corrected chi connectivity index (χ1v) is 7.19. The molecule has 2 aromatic heterocycles. The Bertz CT molecular complexity index is 772.